The lowest BCUT2D eigenvalue weighted by molar-refractivity contribution is 0.814. The number of aryl methyl sites for hydroxylation is 1. The van der Waals surface area contributed by atoms with E-state index in [0.29, 0.717) is 0 Å². The summed E-state index contributed by atoms with van der Waals surface area (Å²) in [5.41, 5.74) is 3.97. The molecule has 1 N–H and O–H groups in total. The zero-order valence-corrected chi connectivity index (χ0v) is 8.30. The van der Waals surface area contributed by atoms with Crippen molar-refractivity contribution in [3.63, 3.8) is 0 Å². The van der Waals surface area contributed by atoms with E-state index in [-0.39, 0.29) is 0 Å². The van der Waals surface area contributed by atoms with Crippen LogP contribution in [0.1, 0.15) is 12.5 Å². The first-order chi connectivity index (χ1) is 6.31. The zero-order valence-electron chi connectivity index (χ0n) is 8.30. The van der Waals surface area contributed by atoms with Gasteiger partial charge in [0.05, 0.1) is 11.4 Å². The molecule has 1 heterocycles. The Hall–Kier alpha value is -1.18. The van der Waals surface area contributed by atoms with Crippen molar-refractivity contribution in [3.8, 4) is 0 Å². The second kappa shape index (κ2) is 3.29. The first-order valence-corrected chi connectivity index (χ1v) is 4.90. The van der Waals surface area contributed by atoms with Crippen molar-refractivity contribution >= 4 is 11.4 Å². The lowest BCUT2D eigenvalue weighted by Crippen LogP contribution is -2.33. The highest BCUT2D eigenvalue weighted by atomic mass is 15.2. The molecule has 0 spiro atoms. The van der Waals surface area contributed by atoms with Crippen molar-refractivity contribution in [2.45, 2.75) is 13.8 Å². The number of hydrogen-bond donors (Lipinski definition) is 1. The molecule has 0 bridgehead atoms. The summed E-state index contributed by atoms with van der Waals surface area (Å²) in [4.78, 5) is 2.42. The molecule has 0 fully saturated rings. The quantitative estimate of drug-likeness (QED) is 0.706. The Balaban J connectivity index is 2.41. The number of fused-ring (bicyclic) bond motifs is 1. The number of nitrogens with one attached hydrogen (secondary N) is 1. The van der Waals surface area contributed by atoms with Gasteiger partial charge in [0.2, 0.25) is 0 Å². The van der Waals surface area contributed by atoms with Crippen LogP contribution in [-0.2, 0) is 0 Å². The largest absolute Gasteiger partial charge is 0.382 e. The third-order valence-electron chi connectivity index (χ3n) is 2.57. The predicted molar refractivity (Wildman–Crippen MR) is 57.6 cm³/mol. The van der Waals surface area contributed by atoms with E-state index in [1.165, 1.54) is 16.9 Å². The number of anilines is 2. The molecular weight excluding hydrogens is 160 g/mol. The first kappa shape index (κ1) is 8.42. The molecule has 0 amide bonds. The maximum atomic E-state index is 3.41. The van der Waals surface area contributed by atoms with Crippen LogP contribution in [0.2, 0.25) is 0 Å². The van der Waals surface area contributed by atoms with Crippen molar-refractivity contribution in [1.29, 1.82) is 0 Å². The summed E-state index contributed by atoms with van der Waals surface area (Å²) in [5, 5.41) is 3.41. The van der Waals surface area contributed by atoms with Crippen LogP contribution in [0.4, 0.5) is 11.4 Å². The van der Waals surface area contributed by atoms with E-state index in [1.807, 2.05) is 0 Å². The van der Waals surface area contributed by atoms with Gasteiger partial charge in [0.15, 0.2) is 0 Å². The van der Waals surface area contributed by atoms with Crippen LogP contribution >= 0.6 is 0 Å². The Morgan fingerprint density at radius 2 is 2.31 bits per heavy atom. The van der Waals surface area contributed by atoms with Crippen LogP contribution in [0.3, 0.4) is 0 Å². The fourth-order valence-electron chi connectivity index (χ4n) is 1.83. The van der Waals surface area contributed by atoms with Crippen LogP contribution in [0.5, 0.6) is 0 Å². The molecule has 0 atom stereocenters. The van der Waals surface area contributed by atoms with E-state index in [0.717, 1.165) is 19.6 Å². The van der Waals surface area contributed by atoms with E-state index in [9.17, 15) is 0 Å². The average molecular weight is 176 g/mol. The minimum atomic E-state index is 1.06. The Bertz CT molecular complexity index is 307. The molecule has 70 valence electrons. The highest BCUT2D eigenvalue weighted by Crippen LogP contribution is 2.29. The van der Waals surface area contributed by atoms with Gasteiger partial charge in [0.25, 0.3) is 0 Å². The Morgan fingerprint density at radius 1 is 1.46 bits per heavy atom. The molecule has 1 aromatic rings. The second-order valence-electron chi connectivity index (χ2n) is 3.53. The fraction of sp³-hybridized carbons (Fsp3) is 0.455. The van der Waals surface area contributed by atoms with Gasteiger partial charge in [-0.05, 0) is 31.5 Å². The molecule has 2 nitrogen and oxygen atoms in total. The van der Waals surface area contributed by atoms with Crippen LogP contribution in [0.25, 0.3) is 0 Å². The summed E-state index contributed by atoms with van der Waals surface area (Å²) in [6.07, 6.45) is 0. The molecule has 0 radical (unpaired) electrons. The predicted octanol–water partition coefficient (Wildman–Crippen LogP) is 2.25. The van der Waals surface area contributed by atoms with Gasteiger partial charge in [-0.2, -0.15) is 0 Å². The van der Waals surface area contributed by atoms with Crippen LogP contribution in [0.15, 0.2) is 18.2 Å². The molecule has 2 heteroatoms. The highest BCUT2D eigenvalue weighted by molar-refractivity contribution is 5.72. The van der Waals surface area contributed by atoms with Crippen LogP contribution < -0.4 is 10.2 Å². The second-order valence-corrected chi connectivity index (χ2v) is 3.53. The van der Waals surface area contributed by atoms with Crippen molar-refractivity contribution < 1.29 is 0 Å². The highest BCUT2D eigenvalue weighted by Gasteiger charge is 2.13. The smallest absolute Gasteiger partial charge is 0.0605 e. The first-order valence-electron chi connectivity index (χ1n) is 4.90. The summed E-state index contributed by atoms with van der Waals surface area (Å²) >= 11 is 0. The number of rotatable bonds is 1. The van der Waals surface area contributed by atoms with Crippen LogP contribution in [-0.4, -0.2) is 19.6 Å². The molecule has 0 aliphatic carbocycles. The molecule has 13 heavy (non-hydrogen) atoms. The molecule has 1 aliphatic rings. The monoisotopic (exact) mass is 176 g/mol. The van der Waals surface area contributed by atoms with Gasteiger partial charge in [-0.25, -0.2) is 0 Å². The van der Waals surface area contributed by atoms with E-state index in [2.05, 4.69) is 42.3 Å². The van der Waals surface area contributed by atoms with Gasteiger partial charge in [-0.15, -0.1) is 0 Å². The molecule has 0 saturated heterocycles. The van der Waals surface area contributed by atoms with Crippen molar-refractivity contribution in [3.05, 3.63) is 23.8 Å². The number of nitrogens with zero attached hydrogens (tertiary/aromatic N) is 1. The number of likely N-dealkylation sites (N-methyl/N-ethyl adjacent to an activating group) is 1. The molecule has 0 saturated carbocycles. The normalized spacial score (nSPS) is 15.1. The van der Waals surface area contributed by atoms with E-state index in [4.69, 9.17) is 0 Å². The lowest BCUT2D eigenvalue weighted by Gasteiger charge is -2.31. The molecular formula is C11H16N2. The van der Waals surface area contributed by atoms with Crippen molar-refractivity contribution in [1.82, 2.24) is 0 Å². The van der Waals surface area contributed by atoms with Gasteiger partial charge >= 0.3 is 0 Å². The average Bonchev–Trinajstić information content (AvgIpc) is 2.17. The molecule has 0 unspecified atom stereocenters. The lowest BCUT2D eigenvalue weighted by atomic mass is 10.1. The third-order valence-corrected chi connectivity index (χ3v) is 2.57. The topological polar surface area (TPSA) is 15.3 Å². The Kier molecular flexibility index (Phi) is 2.13. The Labute approximate surface area is 79.6 Å². The van der Waals surface area contributed by atoms with Crippen LogP contribution in [0, 0.1) is 6.92 Å². The molecule has 1 aliphatic heterocycles. The SMILES string of the molecule is CCN1CCNc2ccc(C)cc21. The minimum absolute atomic E-state index is 1.06. The molecule has 2 rings (SSSR count). The van der Waals surface area contributed by atoms with Gasteiger partial charge in [0.1, 0.15) is 0 Å². The van der Waals surface area contributed by atoms with Gasteiger partial charge in [-0.3, -0.25) is 0 Å². The maximum absolute atomic E-state index is 3.41. The van der Waals surface area contributed by atoms with Gasteiger partial charge in [0, 0.05) is 19.6 Å². The molecule has 0 aromatic heterocycles. The summed E-state index contributed by atoms with van der Waals surface area (Å²) in [7, 11) is 0. The Morgan fingerprint density at radius 3 is 3.08 bits per heavy atom. The summed E-state index contributed by atoms with van der Waals surface area (Å²) in [6, 6.07) is 6.59. The fourth-order valence-corrected chi connectivity index (χ4v) is 1.83. The zero-order chi connectivity index (χ0) is 9.26. The summed E-state index contributed by atoms with van der Waals surface area (Å²) in [5.74, 6) is 0. The third kappa shape index (κ3) is 1.48. The van der Waals surface area contributed by atoms with Crippen molar-refractivity contribution in [2.24, 2.45) is 0 Å². The van der Waals surface area contributed by atoms with E-state index < -0.39 is 0 Å². The van der Waals surface area contributed by atoms with Crippen molar-refractivity contribution in [2.75, 3.05) is 29.9 Å². The number of benzene rings is 1. The summed E-state index contributed by atoms with van der Waals surface area (Å²) < 4.78 is 0. The van der Waals surface area contributed by atoms with E-state index in [1.54, 1.807) is 0 Å². The molecule has 1 aromatic carbocycles. The van der Waals surface area contributed by atoms with E-state index >= 15 is 0 Å². The minimum Gasteiger partial charge on any atom is -0.382 e. The summed E-state index contributed by atoms with van der Waals surface area (Å²) in [6.45, 7) is 7.62. The maximum Gasteiger partial charge on any atom is 0.0605 e. The number of hydrogen-bond acceptors (Lipinski definition) is 2. The van der Waals surface area contributed by atoms with Gasteiger partial charge < -0.3 is 10.2 Å². The van der Waals surface area contributed by atoms with Gasteiger partial charge in [-0.1, -0.05) is 6.07 Å². The standard InChI is InChI=1S/C11H16N2/c1-3-13-7-6-12-10-5-4-9(2)8-11(10)13/h4-5,8,12H,3,6-7H2,1-2H3.